The summed E-state index contributed by atoms with van der Waals surface area (Å²) in [6, 6.07) is 26.4. The van der Waals surface area contributed by atoms with Crippen molar-refractivity contribution in [1.29, 1.82) is 0 Å². The molecule has 0 spiro atoms. The second kappa shape index (κ2) is 5.50. The Labute approximate surface area is 150 Å². The van der Waals surface area contributed by atoms with Gasteiger partial charge in [0.2, 0.25) is 0 Å². The Morgan fingerprint density at radius 3 is 2.12 bits per heavy atom. The highest BCUT2D eigenvalue weighted by Crippen LogP contribution is 2.42. The molecule has 0 N–H and O–H groups in total. The molecule has 0 unspecified atom stereocenters. The Balaban J connectivity index is 1.90. The number of hydrogen-bond donors (Lipinski definition) is 0. The second-order valence-electron chi connectivity index (χ2n) is 6.46. The molecule has 5 rings (SSSR count). The second-order valence-corrected chi connectivity index (χ2v) is 6.46. The molecule has 0 heterocycles. The van der Waals surface area contributed by atoms with Gasteiger partial charge in [-0.2, -0.15) is 0 Å². The van der Waals surface area contributed by atoms with Crippen molar-refractivity contribution < 1.29 is 9.59 Å². The molecule has 0 fully saturated rings. The summed E-state index contributed by atoms with van der Waals surface area (Å²) in [7, 11) is 0. The third kappa shape index (κ3) is 1.99. The Morgan fingerprint density at radius 1 is 0.615 bits per heavy atom. The summed E-state index contributed by atoms with van der Waals surface area (Å²) in [4.78, 5) is 26.2. The van der Waals surface area contributed by atoms with Crippen molar-refractivity contribution in [3.05, 3.63) is 107 Å². The number of fused-ring (bicyclic) bond motifs is 2. The number of carbonyl (C=O) groups is 2. The monoisotopic (exact) mass is 334 g/mol. The average molecular weight is 334 g/mol. The molecule has 0 saturated heterocycles. The van der Waals surface area contributed by atoms with Crippen LogP contribution < -0.4 is 0 Å². The average Bonchev–Trinajstić information content (AvgIpc) is 2.71. The van der Waals surface area contributed by atoms with Crippen LogP contribution in [0.25, 0.3) is 21.9 Å². The maximum Gasteiger partial charge on any atom is 0.194 e. The lowest BCUT2D eigenvalue weighted by Crippen LogP contribution is -2.13. The zero-order chi connectivity index (χ0) is 17.7. The number of rotatable bonds is 2. The lowest BCUT2D eigenvalue weighted by molar-refractivity contribution is 0.102. The van der Waals surface area contributed by atoms with Gasteiger partial charge in [-0.3, -0.25) is 9.59 Å². The summed E-state index contributed by atoms with van der Waals surface area (Å²) in [5, 5.41) is 1.85. The van der Waals surface area contributed by atoms with Crippen LogP contribution in [0.5, 0.6) is 0 Å². The number of hydrogen-bond acceptors (Lipinski definition) is 2. The van der Waals surface area contributed by atoms with E-state index in [0.29, 0.717) is 22.3 Å². The molecular weight excluding hydrogens is 320 g/mol. The van der Waals surface area contributed by atoms with E-state index in [1.165, 1.54) is 0 Å². The third-order valence-corrected chi connectivity index (χ3v) is 5.01. The predicted octanol–water partition coefficient (Wildman–Crippen LogP) is 5.28. The Hall–Kier alpha value is -3.52. The fraction of sp³-hybridized carbons (Fsp3) is 0. The smallest absolute Gasteiger partial charge is 0.194 e. The normalized spacial score (nSPS) is 12.1. The molecule has 0 aliphatic heterocycles. The van der Waals surface area contributed by atoms with Crippen LogP contribution in [0.3, 0.4) is 0 Å². The fourth-order valence-electron chi connectivity index (χ4n) is 3.83. The van der Waals surface area contributed by atoms with Gasteiger partial charge in [0.15, 0.2) is 11.6 Å². The van der Waals surface area contributed by atoms with Crippen molar-refractivity contribution in [2.45, 2.75) is 0 Å². The topological polar surface area (TPSA) is 34.1 Å². The third-order valence-electron chi connectivity index (χ3n) is 5.01. The van der Waals surface area contributed by atoms with Gasteiger partial charge in [0.25, 0.3) is 0 Å². The van der Waals surface area contributed by atoms with E-state index < -0.39 is 0 Å². The van der Waals surface area contributed by atoms with Crippen molar-refractivity contribution in [3.63, 3.8) is 0 Å². The zero-order valence-corrected chi connectivity index (χ0v) is 13.9. The van der Waals surface area contributed by atoms with Gasteiger partial charge in [-0.05, 0) is 17.0 Å². The summed E-state index contributed by atoms with van der Waals surface area (Å²) in [5.74, 6) is -0.00975. The van der Waals surface area contributed by atoms with Gasteiger partial charge in [0, 0.05) is 33.2 Å². The van der Waals surface area contributed by atoms with E-state index in [4.69, 9.17) is 0 Å². The van der Waals surface area contributed by atoms with Crippen LogP contribution in [0.2, 0.25) is 0 Å². The summed E-state index contributed by atoms with van der Waals surface area (Å²) < 4.78 is 0. The van der Waals surface area contributed by atoms with Crippen LogP contribution in [0.15, 0.2) is 84.9 Å². The molecule has 0 saturated carbocycles. The molecule has 2 nitrogen and oxygen atoms in total. The largest absolute Gasteiger partial charge is 0.289 e. The summed E-state index contributed by atoms with van der Waals surface area (Å²) in [5.41, 5.74) is 4.30. The highest BCUT2D eigenvalue weighted by Gasteiger charge is 2.28. The van der Waals surface area contributed by atoms with Crippen LogP contribution in [-0.2, 0) is 0 Å². The van der Waals surface area contributed by atoms with Gasteiger partial charge in [0.1, 0.15) is 0 Å². The van der Waals surface area contributed by atoms with Crippen molar-refractivity contribution in [2.24, 2.45) is 0 Å². The molecule has 2 heteroatoms. The standard InChI is InChI=1S/C24H14O2/c25-23(16-7-2-1-3-8-16)20-14-13-15-9-6-12-19-21(15)22(20)17-10-4-5-11-18(17)24(19)26/h1-14H. The van der Waals surface area contributed by atoms with E-state index >= 15 is 0 Å². The minimum absolute atomic E-state index is 0.0167. The van der Waals surface area contributed by atoms with Gasteiger partial charge >= 0.3 is 0 Å². The maximum absolute atomic E-state index is 13.2. The highest BCUT2D eigenvalue weighted by atomic mass is 16.1. The minimum Gasteiger partial charge on any atom is -0.289 e. The zero-order valence-electron chi connectivity index (χ0n) is 13.9. The molecule has 0 radical (unpaired) electrons. The molecule has 26 heavy (non-hydrogen) atoms. The molecule has 4 aromatic carbocycles. The van der Waals surface area contributed by atoms with Gasteiger partial charge < -0.3 is 0 Å². The minimum atomic E-state index is -0.0264. The van der Waals surface area contributed by atoms with Crippen LogP contribution in [-0.4, -0.2) is 11.6 Å². The molecule has 0 atom stereocenters. The van der Waals surface area contributed by atoms with E-state index in [1.54, 1.807) is 0 Å². The molecule has 0 amide bonds. The summed E-state index contributed by atoms with van der Waals surface area (Å²) in [6.45, 7) is 0. The van der Waals surface area contributed by atoms with Gasteiger partial charge in [-0.15, -0.1) is 0 Å². The number of ketones is 2. The van der Waals surface area contributed by atoms with Gasteiger partial charge in [-0.1, -0.05) is 78.9 Å². The maximum atomic E-state index is 13.2. The van der Waals surface area contributed by atoms with Crippen LogP contribution in [0.4, 0.5) is 0 Å². The first-order valence-electron chi connectivity index (χ1n) is 8.55. The highest BCUT2D eigenvalue weighted by molar-refractivity contribution is 6.29. The molecule has 1 aliphatic rings. The Kier molecular flexibility index (Phi) is 3.13. The molecule has 0 aromatic heterocycles. The van der Waals surface area contributed by atoms with Crippen molar-refractivity contribution in [2.75, 3.05) is 0 Å². The number of carbonyl (C=O) groups excluding carboxylic acids is 2. The fourth-order valence-corrected chi connectivity index (χ4v) is 3.83. The van der Waals surface area contributed by atoms with E-state index in [2.05, 4.69) is 0 Å². The van der Waals surface area contributed by atoms with E-state index in [0.717, 1.165) is 21.9 Å². The lowest BCUT2D eigenvalue weighted by Gasteiger charge is -2.22. The predicted molar refractivity (Wildman–Crippen MR) is 103 cm³/mol. The van der Waals surface area contributed by atoms with E-state index in [9.17, 15) is 9.59 Å². The first-order valence-corrected chi connectivity index (χ1v) is 8.55. The van der Waals surface area contributed by atoms with Gasteiger partial charge in [0.05, 0.1) is 0 Å². The quantitative estimate of drug-likeness (QED) is 0.411. The van der Waals surface area contributed by atoms with E-state index in [-0.39, 0.29) is 11.6 Å². The SMILES string of the molecule is O=C(c1ccccc1)c1ccc2cccc3c2c1-c1ccccc1C3=O. The van der Waals surface area contributed by atoms with Crippen molar-refractivity contribution >= 4 is 22.3 Å². The van der Waals surface area contributed by atoms with Crippen LogP contribution >= 0.6 is 0 Å². The first kappa shape index (κ1) is 14.8. The molecule has 0 bridgehead atoms. The lowest BCUT2D eigenvalue weighted by atomic mass is 9.79. The summed E-state index contributed by atoms with van der Waals surface area (Å²) in [6.07, 6.45) is 0. The first-order chi connectivity index (χ1) is 12.8. The van der Waals surface area contributed by atoms with Gasteiger partial charge in [-0.25, -0.2) is 0 Å². The Morgan fingerprint density at radius 2 is 1.31 bits per heavy atom. The Bertz CT molecular complexity index is 1200. The van der Waals surface area contributed by atoms with Crippen LogP contribution in [0.1, 0.15) is 31.8 Å². The van der Waals surface area contributed by atoms with Crippen molar-refractivity contribution in [1.82, 2.24) is 0 Å². The molecule has 122 valence electrons. The molecule has 4 aromatic rings. The summed E-state index contributed by atoms with van der Waals surface area (Å²) >= 11 is 0. The number of benzene rings is 4. The van der Waals surface area contributed by atoms with E-state index in [1.807, 2.05) is 84.9 Å². The van der Waals surface area contributed by atoms with Crippen molar-refractivity contribution in [3.8, 4) is 11.1 Å². The van der Waals surface area contributed by atoms with Crippen LogP contribution in [0, 0.1) is 0 Å². The molecular formula is C24H14O2. The molecule has 1 aliphatic carbocycles.